The van der Waals surface area contributed by atoms with Crippen molar-refractivity contribution in [3.05, 3.63) is 53.6 Å². The normalized spacial score (nSPS) is 11.2. The summed E-state index contributed by atoms with van der Waals surface area (Å²) >= 11 is 0. The lowest BCUT2D eigenvalue weighted by atomic mass is 10.1. The minimum absolute atomic E-state index is 0.269. The molecule has 1 aliphatic heterocycles. The van der Waals surface area contributed by atoms with Gasteiger partial charge in [0, 0.05) is 10.9 Å². The first kappa shape index (κ1) is 15.5. The Morgan fingerprint density at radius 3 is 2.70 bits per heavy atom. The predicted octanol–water partition coefficient (Wildman–Crippen LogP) is 5.16. The van der Waals surface area contributed by atoms with Crippen molar-refractivity contribution in [3.8, 4) is 11.3 Å². The number of nitrogens with zero attached hydrogens (tertiary/aromatic N) is 1. The van der Waals surface area contributed by atoms with E-state index in [-0.39, 0.29) is 5.56 Å². The Bertz CT molecular complexity index is 810. The number of para-hydroxylation sites is 1. The summed E-state index contributed by atoms with van der Waals surface area (Å²) in [5, 5.41) is 10.2. The molecular weight excluding hydrogens is 286 g/mol. The van der Waals surface area contributed by atoms with Crippen molar-refractivity contribution in [2.24, 2.45) is 0 Å². The van der Waals surface area contributed by atoms with Gasteiger partial charge in [0.05, 0.1) is 16.8 Å². The molecule has 0 bridgehead atoms. The summed E-state index contributed by atoms with van der Waals surface area (Å²) in [6.45, 7) is 2.21. The molecule has 118 valence electrons. The number of unbranched alkanes of at least 4 members (excludes halogenated alkanes) is 3. The van der Waals surface area contributed by atoms with Crippen LogP contribution in [-0.4, -0.2) is 16.1 Å². The van der Waals surface area contributed by atoms with E-state index in [1.807, 2.05) is 18.2 Å². The van der Waals surface area contributed by atoms with Gasteiger partial charge in [-0.15, -0.1) is 0 Å². The average Bonchev–Trinajstić information content (AvgIpc) is 2.76. The van der Waals surface area contributed by atoms with Crippen molar-refractivity contribution < 1.29 is 9.90 Å². The summed E-state index contributed by atoms with van der Waals surface area (Å²) in [5.41, 5.74) is 4.01. The maximum Gasteiger partial charge on any atom is 0.337 e. The Morgan fingerprint density at radius 2 is 1.91 bits per heavy atom. The molecule has 2 aliphatic rings. The highest BCUT2D eigenvalue weighted by Gasteiger charge is 2.16. The number of hydrogen-bond donors (Lipinski definition) is 1. The van der Waals surface area contributed by atoms with Gasteiger partial charge in [0.1, 0.15) is 0 Å². The molecular formula is C20H21NO2. The second-order valence-electron chi connectivity index (χ2n) is 5.97. The maximum atomic E-state index is 11.4. The fourth-order valence-corrected chi connectivity index (χ4v) is 3.06. The van der Waals surface area contributed by atoms with Crippen LogP contribution in [0.25, 0.3) is 22.2 Å². The lowest BCUT2D eigenvalue weighted by Gasteiger charge is -1.99. The smallest absolute Gasteiger partial charge is 0.337 e. The molecule has 23 heavy (non-hydrogen) atoms. The van der Waals surface area contributed by atoms with Crippen LogP contribution < -0.4 is 0 Å². The van der Waals surface area contributed by atoms with Crippen LogP contribution in [-0.2, 0) is 6.42 Å². The third-order valence-electron chi connectivity index (χ3n) is 4.28. The van der Waals surface area contributed by atoms with Crippen molar-refractivity contribution in [1.29, 1.82) is 0 Å². The number of carboxylic acids is 1. The van der Waals surface area contributed by atoms with Gasteiger partial charge in [-0.25, -0.2) is 9.78 Å². The summed E-state index contributed by atoms with van der Waals surface area (Å²) < 4.78 is 0. The topological polar surface area (TPSA) is 50.2 Å². The van der Waals surface area contributed by atoms with Crippen LogP contribution in [0.1, 0.15) is 48.5 Å². The van der Waals surface area contributed by atoms with Crippen LogP contribution >= 0.6 is 0 Å². The van der Waals surface area contributed by atoms with Gasteiger partial charge in [0.25, 0.3) is 0 Å². The Hall–Kier alpha value is -2.42. The minimum Gasteiger partial charge on any atom is -0.478 e. The second-order valence-corrected chi connectivity index (χ2v) is 5.97. The zero-order valence-corrected chi connectivity index (χ0v) is 13.4. The quantitative estimate of drug-likeness (QED) is 0.640. The molecule has 0 spiro atoms. The van der Waals surface area contributed by atoms with E-state index < -0.39 is 5.97 Å². The average molecular weight is 307 g/mol. The van der Waals surface area contributed by atoms with Crippen molar-refractivity contribution in [2.75, 3.05) is 0 Å². The fourth-order valence-electron chi connectivity index (χ4n) is 3.06. The number of aryl methyl sites for hydroxylation is 1. The highest BCUT2D eigenvalue weighted by atomic mass is 16.4. The Labute approximate surface area is 136 Å². The van der Waals surface area contributed by atoms with Gasteiger partial charge < -0.3 is 5.11 Å². The summed E-state index contributed by atoms with van der Waals surface area (Å²) in [6, 6.07) is 13.7. The van der Waals surface area contributed by atoms with Crippen LogP contribution in [0.15, 0.2) is 42.5 Å². The van der Waals surface area contributed by atoms with Gasteiger partial charge in [0.15, 0.2) is 0 Å². The Balaban J connectivity index is 2.00. The van der Waals surface area contributed by atoms with E-state index >= 15 is 0 Å². The van der Waals surface area contributed by atoms with Crippen LogP contribution in [0.4, 0.5) is 0 Å². The van der Waals surface area contributed by atoms with Crippen LogP contribution in [0.3, 0.4) is 0 Å². The largest absolute Gasteiger partial charge is 0.478 e. The van der Waals surface area contributed by atoms with Crippen LogP contribution in [0, 0.1) is 0 Å². The van der Waals surface area contributed by atoms with Crippen LogP contribution in [0.2, 0.25) is 0 Å². The first-order valence-electron chi connectivity index (χ1n) is 8.25. The second kappa shape index (κ2) is 6.78. The van der Waals surface area contributed by atoms with E-state index in [1.54, 1.807) is 12.1 Å². The fraction of sp³-hybridized carbons (Fsp3) is 0.300. The molecule has 0 atom stereocenters. The number of carboxylic acid groups (broad SMARTS) is 1. The zero-order chi connectivity index (χ0) is 16.2. The van der Waals surface area contributed by atoms with Gasteiger partial charge in [-0.1, -0.05) is 56.5 Å². The maximum absolute atomic E-state index is 11.4. The van der Waals surface area contributed by atoms with E-state index in [1.165, 1.54) is 31.2 Å². The van der Waals surface area contributed by atoms with Crippen molar-refractivity contribution in [2.45, 2.75) is 39.0 Å². The Kier molecular flexibility index (Phi) is 4.56. The number of hydrogen-bond acceptors (Lipinski definition) is 2. The number of carbonyl (C=O) groups is 1. The molecule has 1 heterocycles. The Morgan fingerprint density at radius 1 is 1.09 bits per heavy atom. The summed E-state index contributed by atoms with van der Waals surface area (Å²) in [4.78, 5) is 16.0. The summed E-state index contributed by atoms with van der Waals surface area (Å²) in [6.07, 6.45) is 5.98. The molecule has 0 amide bonds. The number of aromatic nitrogens is 1. The van der Waals surface area contributed by atoms with Crippen LogP contribution in [0.5, 0.6) is 0 Å². The standard InChI is InChI=1S/C20H21NO2/c1-2-3-4-5-8-14-9-6-10-15-16-11-7-12-17(20(22)23)19(16)21-18(15)13-14/h6-7,9-13H,2-5,8H2,1H3,(H,22,23). The predicted molar refractivity (Wildman–Crippen MR) is 93.2 cm³/mol. The van der Waals surface area contributed by atoms with E-state index in [9.17, 15) is 9.90 Å². The van der Waals surface area contributed by atoms with Gasteiger partial charge in [-0.2, -0.15) is 0 Å². The van der Waals surface area contributed by atoms with E-state index in [2.05, 4.69) is 24.0 Å². The highest BCUT2D eigenvalue weighted by molar-refractivity contribution is 6.08. The molecule has 0 radical (unpaired) electrons. The molecule has 3 rings (SSSR count). The molecule has 1 aliphatic carbocycles. The molecule has 0 saturated heterocycles. The van der Waals surface area contributed by atoms with E-state index in [4.69, 9.17) is 0 Å². The van der Waals surface area contributed by atoms with Gasteiger partial charge in [-0.3, -0.25) is 0 Å². The highest BCUT2D eigenvalue weighted by Crippen LogP contribution is 2.32. The zero-order valence-electron chi connectivity index (χ0n) is 13.4. The molecule has 1 aromatic carbocycles. The SMILES string of the molecule is CCCCCCc1cccc2c3cccc(C(=O)O)c3nc-2c1. The molecule has 3 nitrogen and oxygen atoms in total. The number of aromatic carboxylic acids is 1. The first-order chi connectivity index (χ1) is 11.2. The number of benzene rings is 1. The van der Waals surface area contributed by atoms with E-state index in [0.29, 0.717) is 5.52 Å². The van der Waals surface area contributed by atoms with Gasteiger partial charge in [0.2, 0.25) is 0 Å². The number of fused-ring (bicyclic) bond motifs is 3. The third kappa shape index (κ3) is 3.19. The van der Waals surface area contributed by atoms with Crippen molar-refractivity contribution >= 4 is 16.9 Å². The molecule has 1 aromatic rings. The monoisotopic (exact) mass is 307 g/mol. The molecule has 0 aromatic heterocycles. The first-order valence-corrected chi connectivity index (χ1v) is 8.25. The summed E-state index contributed by atoms with van der Waals surface area (Å²) in [5.74, 6) is -0.928. The summed E-state index contributed by atoms with van der Waals surface area (Å²) in [7, 11) is 0. The molecule has 0 saturated carbocycles. The van der Waals surface area contributed by atoms with Gasteiger partial charge >= 0.3 is 5.97 Å². The molecule has 3 heteroatoms. The third-order valence-corrected chi connectivity index (χ3v) is 4.28. The molecule has 0 fully saturated rings. The van der Waals surface area contributed by atoms with Crippen molar-refractivity contribution in [1.82, 2.24) is 4.98 Å². The molecule has 0 unspecified atom stereocenters. The lowest BCUT2D eigenvalue weighted by molar-refractivity contribution is 0.0699. The van der Waals surface area contributed by atoms with Gasteiger partial charge in [-0.05, 0) is 30.5 Å². The van der Waals surface area contributed by atoms with Crippen molar-refractivity contribution in [3.63, 3.8) is 0 Å². The molecule has 1 N–H and O–H groups in total. The number of rotatable bonds is 6. The lowest BCUT2D eigenvalue weighted by Crippen LogP contribution is -1.96. The minimum atomic E-state index is -0.928. The van der Waals surface area contributed by atoms with E-state index in [0.717, 1.165) is 23.1 Å².